The van der Waals surface area contributed by atoms with E-state index in [1.54, 1.807) is 6.08 Å². The molecule has 368 valence electrons. The van der Waals surface area contributed by atoms with Gasteiger partial charge in [-0.25, -0.2) is 0 Å². The number of allylic oxidation sites excluding steroid dienone is 7. The molecule has 0 aliphatic carbocycles. The molecule has 0 bridgehead atoms. The van der Waals surface area contributed by atoms with Crippen LogP contribution in [0.4, 0.5) is 0 Å². The molecule has 8 atom stereocenters. The van der Waals surface area contributed by atoms with E-state index in [0.717, 1.165) is 32.1 Å². The average Bonchev–Trinajstić information content (AvgIpc) is 3.28. The number of aliphatic hydroxyl groups excluding tert-OH is 6. The topological polar surface area (TPSA) is 169 Å². The number of nitrogens with one attached hydrogen (secondary N) is 1. The van der Waals surface area contributed by atoms with Gasteiger partial charge in [-0.2, -0.15) is 0 Å². The molecule has 7 N–H and O–H groups in total. The van der Waals surface area contributed by atoms with Crippen LogP contribution in [0.1, 0.15) is 220 Å². The maximum atomic E-state index is 13.1. The first-order valence-electron chi connectivity index (χ1n) is 25.9. The second kappa shape index (κ2) is 41.5. The smallest absolute Gasteiger partial charge is 0.249 e. The van der Waals surface area contributed by atoms with Crippen molar-refractivity contribution >= 4 is 5.91 Å². The summed E-state index contributed by atoms with van der Waals surface area (Å²) in [5.74, 6) is -0.632. The van der Waals surface area contributed by atoms with Crippen LogP contribution in [0.5, 0.6) is 0 Å². The van der Waals surface area contributed by atoms with Gasteiger partial charge in [0.2, 0.25) is 5.91 Å². The zero-order valence-electron chi connectivity index (χ0n) is 40.4. The summed E-state index contributed by atoms with van der Waals surface area (Å²) in [6.45, 7) is 5.62. The van der Waals surface area contributed by atoms with Crippen molar-refractivity contribution in [2.45, 2.75) is 269 Å². The highest BCUT2D eigenvalue weighted by Crippen LogP contribution is 2.23. The third-order valence-corrected chi connectivity index (χ3v) is 12.3. The lowest BCUT2D eigenvalue weighted by Crippen LogP contribution is -2.60. The molecule has 0 spiro atoms. The first-order chi connectivity index (χ1) is 30.7. The van der Waals surface area contributed by atoms with Crippen molar-refractivity contribution in [1.82, 2.24) is 5.32 Å². The molecule has 63 heavy (non-hydrogen) atoms. The largest absolute Gasteiger partial charge is 0.394 e. The molecule has 1 fully saturated rings. The van der Waals surface area contributed by atoms with E-state index in [4.69, 9.17) is 9.47 Å². The van der Waals surface area contributed by atoms with Crippen molar-refractivity contribution in [2.75, 3.05) is 13.2 Å². The van der Waals surface area contributed by atoms with Gasteiger partial charge in [0.1, 0.15) is 30.5 Å². The molecular formula is C53H97NO9. The summed E-state index contributed by atoms with van der Waals surface area (Å²) >= 11 is 0. The van der Waals surface area contributed by atoms with Gasteiger partial charge in [0.25, 0.3) is 0 Å². The Morgan fingerprint density at radius 3 is 1.60 bits per heavy atom. The fourth-order valence-electron chi connectivity index (χ4n) is 8.02. The van der Waals surface area contributed by atoms with Gasteiger partial charge in [-0.3, -0.25) is 4.79 Å². The van der Waals surface area contributed by atoms with E-state index >= 15 is 0 Å². The number of unbranched alkanes of at least 4 members (excludes halogenated alkanes) is 26. The van der Waals surface area contributed by atoms with Gasteiger partial charge in [-0.1, -0.05) is 203 Å². The Hall–Kier alpha value is -1.89. The Morgan fingerprint density at radius 2 is 1.08 bits per heavy atom. The second-order valence-corrected chi connectivity index (χ2v) is 18.3. The quantitative estimate of drug-likeness (QED) is 0.0179. The fraction of sp³-hybridized carbons (Fsp3) is 0.830. The lowest BCUT2D eigenvalue weighted by molar-refractivity contribution is -0.302. The van der Waals surface area contributed by atoms with Gasteiger partial charge in [-0.15, -0.1) is 0 Å². The fourth-order valence-corrected chi connectivity index (χ4v) is 8.02. The Balaban J connectivity index is 2.35. The number of carbonyl (C=O) groups excluding carboxylic acids is 1. The Kier molecular flexibility index (Phi) is 39.0. The predicted octanol–water partition coefficient (Wildman–Crippen LogP) is 10.8. The van der Waals surface area contributed by atoms with Crippen LogP contribution in [0, 0.1) is 0 Å². The molecule has 1 aliphatic heterocycles. The third-order valence-electron chi connectivity index (χ3n) is 12.3. The molecule has 10 nitrogen and oxygen atoms in total. The first kappa shape index (κ1) is 59.1. The van der Waals surface area contributed by atoms with Gasteiger partial charge in [-0.05, 0) is 64.7 Å². The normalized spacial score (nSPS) is 21.2. The second-order valence-electron chi connectivity index (χ2n) is 18.3. The SMILES string of the molecule is CCCCCCC=CCCCCCCCCCCCCCCCCCC[C@@H](O)C(=O)N[C@@H](CO[C@@H]1O[C@H](CO)[C@@H](O)[C@H](O)[C@H]1O)[C@H](O)/C=C/CC/C=C(C)/C=C/CCCCCCC. The molecule has 1 heterocycles. The summed E-state index contributed by atoms with van der Waals surface area (Å²) in [4.78, 5) is 13.1. The average molecular weight is 892 g/mol. The van der Waals surface area contributed by atoms with Crippen molar-refractivity contribution in [3.8, 4) is 0 Å². The molecule has 1 amide bonds. The summed E-state index contributed by atoms with van der Waals surface area (Å²) < 4.78 is 11.2. The number of amides is 1. The zero-order valence-corrected chi connectivity index (χ0v) is 40.4. The van der Waals surface area contributed by atoms with E-state index in [1.165, 1.54) is 153 Å². The van der Waals surface area contributed by atoms with Crippen molar-refractivity contribution in [3.63, 3.8) is 0 Å². The highest BCUT2D eigenvalue weighted by atomic mass is 16.7. The molecule has 10 heteroatoms. The van der Waals surface area contributed by atoms with Crippen LogP contribution in [0.25, 0.3) is 0 Å². The Bertz CT molecular complexity index is 1170. The lowest BCUT2D eigenvalue weighted by atomic mass is 9.99. The van der Waals surface area contributed by atoms with E-state index in [1.807, 2.05) is 6.08 Å². The molecule has 0 aromatic rings. The highest BCUT2D eigenvalue weighted by molar-refractivity contribution is 5.80. The monoisotopic (exact) mass is 892 g/mol. The minimum atomic E-state index is -1.62. The Morgan fingerprint density at radius 1 is 0.603 bits per heavy atom. The molecule has 0 aromatic heterocycles. The minimum absolute atomic E-state index is 0.299. The number of hydrogen-bond donors (Lipinski definition) is 7. The van der Waals surface area contributed by atoms with Crippen LogP contribution < -0.4 is 5.32 Å². The van der Waals surface area contributed by atoms with Crippen LogP contribution in [0.2, 0.25) is 0 Å². The van der Waals surface area contributed by atoms with Gasteiger partial charge < -0.3 is 45.4 Å². The summed E-state index contributed by atoms with van der Waals surface area (Å²) in [6, 6.07) is -1.01. The van der Waals surface area contributed by atoms with Crippen LogP contribution in [0.3, 0.4) is 0 Å². The summed E-state index contributed by atoms with van der Waals surface area (Å²) in [7, 11) is 0. The zero-order chi connectivity index (χ0) is 46.2. The molecule has 0 aromatic carbocycles. The van der Waals surface area contributed by atoms with E-state index in [2.05, 4.69) is 56.5 Å². The standard InChI is InChI=1S/C53H97NO9/c1-4-6-8-10-12-13-14-15-16-17-18-19-20-21-22-23-24-25-26-27-28-30-32-36-41-47(57)52(61)54-45(43-62-53-51(60)50(59)49(58)48(42-55)63-53)46(56)40-37-33-35-39-44(3)38-34-31-29-11-9-7-5-2/h13-14,34,37-40,45-51,53,55-60H,4-12,15-33,35-36,41-43H2,1-3H3,(H,54,61)/b14-13?,38-34+,40-37+,44-39+/t45-,46+,47+,48+,49+,50-,51+,53+/m0/s1. The summed E-state index contributed by atoms with van der Waals surface area (Å²) in [6.07, 6.45) is 41.7. The molecule has 0 saturated carbocycles. The van der Waals surface area contributed by atoms with E-state index in [0.29, 0.717) is 19.3 Å². The van der Waals surface area contributed by atoms with Crippen LogP contribution in [-0.2, 0) is 14.3 Å². The van der Waals surface area contributed by atoms with E-state index in [9.17, 15) is 35.4 Å². The van der Waals surface area contributed by atoms with Gasteiger partial charge in [0.05, 0.1) is 25.4 Å². The van der Waals surface area contributed by atoms with Crippen molar-refractivity contribution in [1.29, 1.82) is 0 Å². The number of carbonyl (C=O) groups is 1. The predicted molar refractivity (Wildman–Crippen MR) is 259 cm³/mol. The number of rotatable bonds is 42. The van der Waals surface area contributed by atoms with Crippen LogP contribution >= 0.6 is 0 Å². The summed E-state index contributed by atoms with van der Waals surface area (Å²) in [5, 5.41) is 64.9. The molecule has 0 unspecified atom stereocenters. The van der Waals surface area contributed by atoms with Crippen LogP contribution in [0.15, 0.2) is 48.1 Å². The molecule has 1 saturated heterocycles. The third kappa shape index (κ3) is 31.6. The number of hydrogen-bond acceptors (Lipinski definition) is 9. The molecule has 1 aliphatic rings. The number of ether oxygens (including phenoxy) is 2. The van der Waals surface area contributed by atoms with Crippen molar-refractivity contribution < 1.29 is 44.9 Å². The molecule has 1 rings (SSSR count). The molecular weight excluding hydrogens is 795 g/mol. The number of aliphatic hydroxyl groups is 6. The van der Waals surface area contributed by atoms with Gasteiger partial charge in [0, 0.05) is 0 Å². The van der Waals surface area contributed by atoms with E-state index < -0.39 is 61.5 Å². The lowest BCUT2D eigenvalue weighted by Gasteiger charge is -2.40. The van der Waals surface area contributed by atoms with Crippen LogP contribution in [-0.4, -0.2) is 98.7 Å². The van der Waals surface area contributed by atoms with Crippen molar-refractivity contribution in [3.05, 3.63) is 48.1 Å². The van der Waals surface area contributed by atoms with Gasteiger partial charge in [0.15, 0.2) is 6.29 Å². The van der Waals surface area contributed by atoms with E-state index in [-0.39, 0.29) is 6.61 Å². The first-order valence-corrected chi connectivity index (χ1v) is 25.9. The maximum Gasteiger partial charge on any atom is 0.249 e. The van der Waals surface area contributed by atoms with Gasteiger partial charge >= 0.3 is 0 Å². The van der Waals surface area contributed by atoms with Crippen molar-refractivity contribution in [2.24, 2.45) is 0 Å². The summed E-state index contributed by atoms with van der Waals surface area (Å²) in [5.41, 5.74) is 1.18. The Labute approximate surface area is 385 Å². The maximum absolute atomic E-state index is 13.1. The highest BCUT2D eigenvalue weighted by Gasteiger charge is 2.44. The minimum Gasteiger partial charge on any atom is -0.394 e. The molecule has 0 radical (unpaired) electrons.